The van der Waals surface area contributed by atoms with Gasteiger partial charge in [0, 0.05) is 17.8 Å². The molecule has 0 radical (unpaired) electrons. The van der Waals surface area contributed by atoms with Gasteiger partial charge in [0.2, 0.25) is 0 Å². The van der Waals surface area contributed by atoms with E-state index in [2.05, 4.69) is 52.5 Å². The first-order chi connectivity index (χ1) is 12.2. The highest BCUT2D eigenvalue weighted by Crippen LogP contribution is 2.26. The Morgan fingerprint density at radius 3 is 2.44 bits per heavy atom. The summed E-state index contributed by atoms with van der Waals surface area (Å²) in [6.07, 6.45) is 0. The van der Waals surface area contributed by atoms with Crippen molar-refractivity contribution in [3.8, 4) is 11.4 Å². The van der Waals surface area contributed by atoms with Crippen molar-refractivity contribution < 1.29 is 0 Å². The molecule has 2 heterocycles. The van der Waals surface area contributed by atoms with E-state index < -0.39 is 0 Å². The van der Waals surface area contributed by atoms with Crippen LogP contribution in [0.2, 0.25) is 0 Å². The van der Waals surface area contributed by atoms with Crippen LogP contribution in [0.25, 0.3) is 22.4 Å². The summed E-state index contributed by atoms with van der Waals surface area (Å²) in [6.45, 7) is 4.86. The summed E-state index contributed by atoms with van der Waals surface area (Å²) in [5, 5.41) is 4.49. The molecule has 25 heavy (non-hydrogen) atoms. The number of nitrogens with one attached hydrogen (secondary N) is 2. The lowest BCUT2D eigenvalue weighted by atomic mass is 10.1. The molecule has 4 rings (SSSR count). The lowest BCUT2D eigenvalue weighted by Gasteiger charge is -2.09. The molecular formula is C21H20N4. The third kappa shape index (κ3) is 3.24. The normalized spacial score (nSPS) is 11.0. The van der Waals surface area contributed by atoms with Crippen LogP contribution in [0.4, 0.5) is 5.82 Å². The van der Waals surface area contributed by atoms with Gasteiger partial charge in [-0.25, -0.2) is 9.97 Å². The lowest BCUT2D eigenvalue weighted by molar-refractivity contribution is 1.10. The third-order valence-corrected chi connectivity index (χ3v) is 4.23. The molecule has 2 N–H and O–H groups in total. The molecule has 2 aromatic carbocycles. The van der Waals surface area contributed by atoms with Crippen LogP contribution in [-0.2, 0) is 6.54 Å². The highest BCUT2D eigenvalue weighted by atomic mass is 15.1. The summed E-state index contributed by atoms with van der Waals surface area (Å²) in [5.41, 5.74) is 5.44. The Hall–Kier alpha value is -3.14. The van der Waals surface area contributed by atoms with E-state index in [4.69, 9.17) is 4.98 Å². The molecule has 0 aliphatic heterocycles. The maximum atomic E-state index is 4.77. The van der Waals surface area contributed by atoms with Gasteiger partial charge in [-0.1, -0.05) is 60.2 Å². The van der Waals surface area contributed by atoms with Gasteiger partial charge in [0.05, 0.1) is 5.39 Å². The van der Waals surface area contributed by atoms with E-state index in [0.717, 1.165) is 40.5 Å². The number of aromatic amines is 1. The zero-order valence-corrected chi connectivity index (χ0v) is 14.4. The average Bonchev–Trinajstić information content (AvgIpc) is 3.02. The molecule has 0 spiro atoms. The first-order valence-corrected chi connectivity index (χ1v) is 8.41. The highest BCUT2D eigenvalue weighted by molar-refractivity contribution is 5.89. The lowest BCUT2D eigenvalue weighted by Crippen LogP contribution is -2.03. The van der Waals surface area contributed by atoms with E-state index in [1.54, 1.807) is 0 Å². The Balaban J connectivity index is 1.72. The second-order valence-corrected chi connectivity index (χ2v) is 6.32. The summed E-state index contributed by atoms with van der Waals surface area (Å²) in [7, 11) is 0. The van der Waals surface area contributed by atoms with E-state index >= 15 is 0 Å². The number of aryl methyl sites for hydroxylation is 2. The summed E-state index contributed by atoms with van der Waals surface area (Å²) >= 11 is 0. The molecule has 0 amide bonds. The minimum absolute atomic E-state index is 0.723. The fourth-order valence-corrected chi connectivity index (χ4v) is 2.88. The van der Waals surface area contributed by atoms with Crippen LogP contribution in [0.1, 0.15) is 16.8 Å². The van der Waals surface area contributed by atoms with E-state index in [0.29, 0.717) is 0 Å². The second-order valence-electron chi connectivity index (χ2n) is 6.32. The molecule has 4 aromatic rings. The van der Waals surface area contributed by atoms with Crippen molar-refractivity contribution in [2.75, 3.05) is 5.32 Å². The number of hydrogen-bond acceptors (Lipinski definition) is 3. The summed E-state index contributed by atoms with van der Waals surface area (Å²) in [5.74, 6) is 1.58. The van der Waals surface area contributed by atoms with Crippen molar-refractivity contribution in [3.63, 3.8) is 0 Å². The maximum Gasteiger partial charge on any atom is 0.163 e. The second kappa shape index (κ2) is 6.40. The van der Waals surface area contributed by atoms with Crippen molar-refractivity contribution in [1.29, 1.82) is 0 Å². The van der Waals surface area contributed by atoms with Crippen molar-refractivity contribution in [3.05, 3.63) is 77.5 Å². The Bertz CT molecular complexity index is 1000. The predicted molar refractivity (Wildman–Crippen MR) is 103 cm³/mol. The molecule has 4 nitrogen and oxygen atoms in total. The summed E-state index contributed by atoms with van der Waals surface area (Å²) in [6, 6.07) is 20.7. The van der Waals surface area contributed by atoms with Crippen LogP contribution in [0.15, 0.2) is 60.7 Å². The summed E-state index contributed by atoms with van der Waals surface area (Å²) in [4.78, 5) is 12.8. The molecular weight excluding hydrogens is 308 g/mol. The maximum absolute atomic E-state index is 4.77. The van der Waals surface area contributed by atoms with Gasteiger partial charge in [0.1, 0.15) is 11.5 Å². The number of fused-ring (bicyclic) bond motifs is 1. The molecule has 0 aliphatic rings. The van der Waals surface area contributed by atoms with Crippen LogP contribution >= 0.6 is 0 Å². The average molecular weight is 328 g/mol. The van der Waals surface area contributed by atoms with Crippen molar-refractivity contribution >= 4 is 16.9 Å². The number of nitrogens with zero attached hydrogens (tertiary/aromatic N) is 2. The fraction of sp³-hybridized carbons (Fsp3) is 0.143. The molecule has 0 atom stereocenters. The molecule has 0 saturated carbocycles. The van der Waals surface area contributed by atoms with Crippen molar-refractivity contribution in [2.24, 2.45) is 0 Å². The van der Waals surface area contributed by atoms with E-state index in [-0.39, 0.29) is 0 Å². The van der Waals surface area contributed by atoms with Gasteiger partial charge in [0.25, 0.3) is 0 Å². The smallest absolute Gasteiger partial charge is 0.163 e. The van der Waals surface area contributed by atoms with Gasteiger partial charge >= 0.3 is 0 Å². The quantitative estimate of drug-likeness (QED) is 0.563. The fourth-order valence-electron chi connectivity index (χ4n) is 2.88. The minimum Gasteiger partial charge on any atom is -0.365 e. The van der Waals surface area contributed by atoms with Gasteiger partial charge in [-0.3, -0.25) is 0 Å². The number of H-pyrrole nitrogens is 1. The Morgan fingerprint density at radius 1 is 0.920 bits per heavy atom. The molecule has 2 aromatic heterocycles. The standard InChI is InChI=1S/C21H20N4/c1-14-8-10-16(11-9-14)13-22-20-18-12-15(2)23-21(18)25-19(24-20)17-6-4-3-5-7-17/h3-12H,13H2,1-2H3,(H2,22,23,24,25). The molecule has 0 fully saturated rings. The van der Waals surface area contributed by atoms with Crippen LogP contribution < -0.4 is 5.32 Å². The van der Waals surface area contributed by atoms with Crippen LogP contribution in [0.5, 0.6) is 0 Å². The molecule has 0 bridgehead atoms. The van der Waals surface area contributed by atoms with Crippen LogP contribution in [0.3, 0.4) is 0 Å². The van der Waals surface area contributed by atoms with Crippen molar-refractivity contribution in [1.82, 2.24) is 15.0 Å². The molecule has 0 saturated heterocycles. The largest absolute Gasteiger partial charge is 0.365 e. The monoisotopic (exact) mass is 328 g/mol. The van der Waals surface area contributed by atoms with E-state index in [1.807, 2.05) is 37.3 Å². The van der Waals surface area contributed by atoms with Gasteiger partial charge in [-0.2, -0.15) is 0 Å². The van der Waals surface area contributed by atoms with Crippen LogP contribution in [-0.4, -0.2) is 15.0 Å². The molecule has 0 aliphatic carbocycles. The van der Waals surface area contributed by atoms with Crippen molar-refractivity contribution in [2.45, 2.75) is 20.4 Å². The van der Waals surface area contributed by atoms with Gasteiger partial charge in [-0.05, 0) is 25.5 Å². The van der Waals surface area contributed by atoms with Gasteiger partial charge in [-0.15, -0.1) is 0 Å². The van der Waals surface area contributed by atoms with E-state index in [1.165, 1.54) is 11.1 Å². The van der Waals surface area contributed by atoms with Gasteiger partial charge in [0.15, 0.2) is 5.82 Å². The Kier molecular flexibility index (Phi) is 3.94. The number of anilines is 1. The SMILES string of the molecule is Cc1ccc(CNc2nc(-c3ccccc3)nc3[nH]c(C)cc23)cc1. The first kappa shape index (κ1) is 15.4. The Morgan fingerprint density at radius 2 is 1.68 bits per heavy atom. The zero-order valence-electron chi connectivity index (χ0n) is 14.4. The predicted octanol–water partition coefficient (Wildman–Crippen LogP) is 4.85. The molecule has 124 valence electrons. The first-order valence-electron chi connectivity index (χ1n) is 8.41. The molecule has 0 unspecified atom stereocenters. The minimum atomic E-state index is 0.723. The molecule has 4 heteroatoms. The number of aromatic nitrogens is 3. The highest BCUT2D eigenvalue weighted by Gasteiger charge is 2.11. The summed E-state index contributed by atoms with van der Waals surface area (Å²) < 4.78 is 0. The van der Waals surface area contributed by atoms with E-state index in [9.17, 15) is 0 Å². The van der Waals surface area contributed by atoms with Gasteiger partial charge < -0.3 is 10.3 Å². The third-order valence-electron chi connectivity index (χ3n) is 4.23. The number of rotatable bonds is 4. The Labute approximate surface area is 147 Å². The zero-order chi connectivity index (χ0) is 17.2. The topological polar surface area (TPSA) is 53.6 Å². The van der Waals surface area contributed by atoms with Crippen LogP contribution in [0, 0.1) is 13.8 Å². The number of hydrogen-bond donors (Lipinski definition) is 2. The number of benzene rings is 2.